The van der Waals surface area contributed by atoms with Gasteiger partial charge in [0.2, 0.25) is 4.62 Å². The second-order valence-electron chi connectivity index (χ2n) is 2.21. The summed E-state index contributed by atoms with van der Waals surface area (Å²) in [6.45, 7) is 0. The number of hydrogen-bond acceptors (Lipinski definition) is 3. The third-order valence-corrected chi connectivity index (χ3v) is 1.83. The molecule has 0 aliphatic carbocycles. The van der Waals surface area contributed by atoms with Crippen molar-refractivity contribution in [3.8, 4) is 0 Å². The smallest absolute Gasteiger partial charge is 0.284 e. The summed E-state index contributed by atoms with van der Waals surface area (Å²) >= 11 is 2.79. The van der Waals surface area contributed by atoms with Gasteiger partial charge in [0.05, 0.1) is 0 Å². The second-order valence-corrected chi connectivity index (χ2v) is 2.96. The second kappa shape index (κ2) is 4.61. The summed E-state index contributed by atoms with van der Waals surface area (Å²) in [5, 5.41) is 13.5. The van der Waals surface area contributed by atoms with E-state index in [1.807, 2.05) is 6.07 Å². The molecule has 4 nitrogen and oxygen atoms in total. The van der Waals surface area contributed by atoms with Gasteiger partial charge in [-0.05, 0) is 28.1 Å². The average molecular weight is 243 g/mol. The molecule has 1 aromatic carbocycles. The highest BCUT2D eigenvalue weighted by Crippen LogP contribution is 2.05. The van der Waals surface area contributed by atoms with Crippen LogP contribution >= 0.6 is 15.9 Å². The minimum absolute atomic E-state index is 0.156. The first-order chi connectivity index (χ1) is 6.24. The fourth-order valence-electron chi connectivity index (χ4n) is 0.750. The fraction of sp³-hybridized carbons (Fsp3) is 0. The minimum Gasteiger partial charge on any atom is -0.410 e. The third-order valence-electron chi connectivity index (χ3n) is 1.31. The molecule has 0 aromatic heterocycles. The maximum atomic E-state index is 11.1. The summed E-state index contributed by atoms with van der Waals surface area (Å²) < 4.78 is -0.156. The van der Waals surface area contributed by atoms with Crippen LogP contribution in [0.25, 0.3) is 0 Å². The summed E-state index contributed by atoms with van der Waals surface area (Å²) in [6, 6.07) is 8.88. The minimum atomic E-state index is -0.492. The molecule has 1 aromatic rings. The van der Waals surface area contributed by atoms with Crippen LogP contribution in [-0.2, 0) is 4.79 Å². The molecule has 2 N–H and O–H groups in total. The quantitative estimate of drug-likeness (QED) is 0.472. The van der Waals surface area contributed by atoms with Gasteiger partial charge in [-0.15, -0.1) is 0 Å². The predicted octanol–water partition coefficient (Wildman–Crippen LogP) is 1.81. The van der Waals surface area contributed by atoms with E-state index in [-0.39, 0.29) is 4.62 Å². The number of anilines is 1. The number of nitrogens with zero attached hydrogens (tertiary/aromatic N) is 1. The molecule has 0 aliphatic rings. The number of nitrogens with one attached hydrogen (secondary N) is 1. The Morgan fingerprint density at radius 3 is 2.54 bits per heavy atom. The topological polar surface area (TPSA) is 61.7 Å². The standard InChI is InChI=1S/C8H7BrN2O2/c9-7(11-13)8(12)10-6-4-2-1-3-5-6/h1-5,13H,(H,10,12). The Morgan fingerprint density at radius 1 is 1.38 bits per heavy atom. The van der Waals surface area contributed by atoms with E-state index >= 15 is 0 Å². The van der Waals surface area contributed by atoms with Gasteiger partial charge >= 0.3 is 0 Å². The number of carbonyl (C=O) groups is 1. The van der Waals surface area contributed by atoms with Crippen molar-refractivity contribution in [2.75, 3.05) is 5.32 Å². The van der Waals surface area contributed by atoms with Gasteiger partial charge < -0.3 is 10.5 Å². The third kappa shape index (κ3) is 2.87. The molecule has 0 bridgehead atoms. The Bertz CT molecular complexity index is 324. The predicted molar refractivity (Wildman–Crippen MR) is 53.2 cm³/mol. The highest BCUT2D eigenvalue weighted by Gasteiger charge is 2.07. The van der Waals surface area contributed by atoms with Crippen LogP contribution in [0.5, 0.6) is 0 Å². The zero-order valence-corrected chi connectivity index (χ0v) is 8.15. The van der Waals surface area contributed by atoms with Crippen molar-refractivity contribution >= 4 is 32.1 Å². The molecule has 0 radical (unpaired) electrons. The van der Waals surface area contributed by atoms with Gasteiger partial charge in [0, 0.05) is 5.69 Å². The van der Waals surface area contributed by atoms with Crippen molar-refractivity contribution < 1.29 is 10.0 Å². The molecule has 0 fully saturated rings. The largest absolute Gasteiger partial charge is 0.410 e. The van der Waals surface area contributed by atoms with Gasteiger partial charge in [0.25, 0.3) is 5.91 Å². The van der Waals surface area contributed by atoms with Crippen LogP contribution < -0.4 is 5.32 Å². The molecule has 0 spiro atoms. The molecule has 68 valence electrons. The number of halogens is 1. The SMILES string of the molecule is O=C(Nc1ccccc1)C(Br)=NO. The Morgan fingerprint density at radius 2 is 2.00 bits per heavy atom. The monoisotopic (exact) mass is 242 g/mol. The summed E-state index contributed by atoms with van der Waals surface area (Å²) in [7, 11) is 0. The van der Waals surface area contributed by atoms with Crippen molar-refractivity contribution in [3.63, 3.8) is 0 Å². The first-order valence-electron chi connectivity index (χ1n) is 3.48. The van der Waals surface area contributed by atoms with E-state index < -0.39 is 5.91 Å². The summed E-state index contributed by atoms with van der Waals surface area (Å²) in [5.41, 5.74) is 0.646. The lowest BCUT2D eigenvalue weighted by Crippen LogP contribution is -2.17. The molecule has 1 rings (SSSR count). The van der Waals surface area contributed by atoms with Crippen LogP contribution in [0.15, 0.2) is 35.5 Å². The number of benzene rings is 1. The molecule has 5 heteroatoms. The van der Waals surface area contributed by atoms with E-state index in [1.165, 1.54) is 0 Å². The van der Waals surface area contributed by atoms with E-state index in [0.717, 1.165) is 0 Å². The van der Waals surface area contributed by atoms with Crippen LogP contribution in [-0.4, -0.2) is 15.7 Å². The van der Waals surface area contributed by atoms with Gasteiger partial charge in [0.1, 0.15) is 0 Å². The number of rotatable bonds is 2. The van der Waals surface area contributed by atoms with Gasteiger partial charge in [-0.2, -0.15) is 0 Å². The zero-order valence-electron chi connectivity index (χ0n) is 6.57. The average Bonchev–Trinajstić information content (AvgIpc) is 2.18. The van der Waals surface area contributed by atoms with Crippen molar-refractivity contribution in [3.05, 3.63) is 30.3 Å². The van der Waals surface area contributed by atoms with Gasteiger partial charge in [-0.3, -0.25) is 4.79 Å². The summed E-state index contributed by atoms with van der Waals surface area (Å²) in [6.07, 6.45) is 0. The molecular weight excluding hydrogens is 236 g/mol. The summed E-state index contributed by atoms with van der Waals surface area (Å²) in [5.74, 6) is -0.492. The number of hydrogen-bond donors (Lipinski definition) is 2. The fourth-order valence-corrected chi connectivity index (χ4v) is 0.849. The van der Waals surface area contributed by atoms with Crippen molar-refractivity contribution in [1.82, 2.24) is 0 Å². The number of amides is 1. The number of para-hydroxylation sites is 1. The Kier molecular flexibility index (Phi) is 3.45. The molecule has 0 saturated heterocycles. The lowest BCUT2D eigenvalue weighted by Gasteiger charge is -2.01. The Labute approximate surface area is 83.4 Å². The molecule has 0 atom stereocenters. The van der Waals surface area contributed by atoms with Crippen LogP contribution in [0.4, 0.5) is 5.69 Å². The van der Waals surface area contributed by atoms with Crippen molar-refractivity contribution in [2.45, 2.75) is 0 Å². The molecule has 0 heterocycles. The van der Waals surface area contributed by atoms with E-state index in [4.69, 9.17) is 5.21 Å². The first kappa shape index (κ1) is 9.73. The van der Waals surface area contributed by atoms with Crippen LogP contribution in [0.2, 0.25) is 0 Å². The van der Waals surface area contributed by atoms with Crippen LogP contribution in [0.1, 0.15) is 0 Å². The normalized spacial score (nSPS) is 11.0. The Hall–Kier alpha value is -1.36. The maximum absolute atomic E-state index is 11.1. The number of carbonyl (C=O) groups excluding carboxylic acids is 1. The van der Waals surface area contributed by atoms with E-state index in [0.29, 0.717) is 5.69 Å². The molecular formula is C8H7BrN2O2. The molecule has 13 heavy (non-hydrogen) atoms. The highest BCUT2D eigenvalue weighted by atomic mass is 79.9. The zero-order chi connectivity index (χ0) is 9.68. The van der Waals surface area contributed by atoms with Crippen LogP contribution in [0, 0.1) is 0 Å². The van der Waals surface area contributed by atoms with Gasteiger partial charge in [-0.1, -0.05) is 23.4 Å². The van der Waals surface area contributed by atoms with Gasteiger partial charge in [-0.25, -0.2) is 0 Å². The van der Waals surface area contributed by atoms with E-state index in [1.54, 1.807) is 24.3 Å². The van der Waals surface area contributed by atoms with E-state index in [9.17, 15) is 4.79 Å². The lowest BCUT2D eigenvalue weighted by molar-refractivity contribution is -0.110. The van der Waals surface area contributed by atoms with Crippen molar-refractivity contribution in [2.24, 2.45) is 5.16 Å². The van der Waals surface area contributed by atoms with Crippen LogP contribution in [0.3, 0.4) is 0 Å². The summed E-state index contributed by atoms with van der Waals surface area (Å²) in [4.78, 5) is 11.1. The lowest BCUT2D eigenvalue weighted by atomic mass is 10.3. The van der Waals surface area contributed by atoms with E-state index in [2.05, 4.69) is 26.4 Å². The number of oxime groups is 1. The van der Waals surface area contributed by atoms with Crippen molar-refractivity contribution in [1.29, 1.82) is 0 Å². The first-order valence-corrected chi connectivity index (χ1v) is 4.27. The Balaban J connectivity index is 2.66. The van der Waals surface area contributed by atoms with Gasteiger partial charge in [0.15, 0.2) is 0 Å². The molecule has 0 aliphatic heterocycles. The molecule has 0 saturated carbocycles. The highest BCUT2D eigenvalue weighted by molar-refractivity contribution is 9.19. The maximum Gasteiger partial charge on any atom is 0.284 e. The molecule has 0 unspecified atom stereocenters. The molecule has 1 amide bonds.